The van der Waals surface area contributed by atoms with E-state index in [1.807, 2.05) is 23.1 Å². The molecule has 0 aromatic heterocycles. The average molecular weight is 265 g/mol. The van der Waals surface area contributed by atoms with Gasteiger partial charge < -0.3 is 4.90 Å². The third kappa shape index (κ3) is 2.22. The van der Waals surface area contributed by atoms with Crippen molar-refractivity contribution in [2.75, 3.05) is 6.54 Å². The first kappa shape index (κ1) is 12.9. The largest absolute Gasteiger partial charge is 0.335 e. The summed E-state index contributed by atoms with van der Waals surface area (Å²) in [7, 11) is 0. The summed E-state index contributed by atoms with van der Waals surface area (Å²) in [5.74, 6) is 0.529. The zero-order valence-corrected chi connectivity index (χ0v) is 11.8. The fourth-order valence-corrected chi connectivity index (χ4v) is 2.94. The predicted molar refractivity (Wildman–Crippen MR) is 82.4 cm³/mol. The summed E-state index contributed by atoms with van der Waals surface area (Å²) in [5, 5.41) is 2.46. The smallest absolute Gasteiger partial charge is 0.223 e. The second kappa shape index (κ2) is 5.12. The van der Waals surface area contributed by atoms with Crippen LogP contribution >= 0.6 is 0 Å². The quantitative estimate of drug-likeness (QED) is 0.770. The van der Waals surface area contributed by atoms with Crippen LogP contribution in [0.2, 0.25) is 0 Å². The first-order valence-corrected chi connectivity index (χ1v) is 7.10. The van der Waals surface area contributed by atoms with Crippen molar-refractivity contribution in [2.45, 2.75) is 19.4 Å². The van der Waals surface area contributed by atoms with Gasteiger partial charge in [0.15, 0.2) is 0 Å². The summed E-state index contributed by atoms with van der Waals surface area (Å²) in [6.45, 7) is 6.70. The Morgan fingerprint density at radius 3 is 2.70 bits per heavy atom. The maximum absolute atomic E-state index is 12.1. The molecular weight excluding hydrogens is 246 g/mol. The molecule has 1 aliphatic rings. The van der Waals surface area contributed by atoms with E-state index in [1.165, 1.54) is 16.3 Å². The lowest BCUT2D eigenvalue weighted by Gasteiger charge is -2.25. The van der Waals surface area contributed by atoms with Crippen molar-refractivity contribution in [3.8, 4) is 0 Å². The van der Waals surface area contributed by atoms with E-state index < -0.39 is 0 Å². The standard InChI is InChI=1S/C18H19NO/c1-3-14-10-18(20)19(12-14)13(2)16-9-8-15-6-4-5-7-17(15)11-16/h3-9,11,13-14H,1,10,12H2,2H3. The van der Waals surface area contributed by atoms with Crippen molar-refractivity contribution >= 4 is 16.7 Å². The molecule has 2 unspecified atom stereocenters. The molecule has 1 heterocycles. The Morgan fingerprint density at radius 2 is 2.00 bits per heavy atom. The minimum Gasteiger partial charge on any atom is -0.335 e. The lowest BCUT2D eigenvalue weighted by Crippen LogP contribution is -2.28. The predicted octanol–water partition coefficient (Wildman–Crippen LogP) is 3.94. The van der Waals surface area contributed by atoms with Gasteiger partial charge in [-0.2, -0.15) is 0 Å². The highest BCUT2D eigenvalue weighted by atomic mass is 16.2. The van der Waals surface area contributed by atoms with Crippen molar-refractivity contribution in [1.29, 1.82) is 0 Å². The molecule has 0 saturated carbocycles. The molecule has 1 aliphatic heterocycles. The molecule has 2 atom stereocenters. The number of hydrogen-bond donors (Lipinski definition) is 0. The number of amides is 1. The van der Waals surface area contributed by atoms with E-state index in [1.54, 1.807) is 0 Å². The van der Waals surface area contributed by atoms with Crippen molar-refractivity contribution in [3.05, 3.63) is 60.7 Å². The molecule has 0 spiro atoms. The van der Waals surface area contributed by atoms with Crippen LogP contribution in [0, 0.1) is 5.92 Å². The number of likely N-dealkylation sites (tertiary alicyclic amines) is 1. The molecule has 1 amide bonds. The van der Waals surface area contributed by atoms with E-state index in [-0.39, 0.29) is 11.9 Å². The van der Waals surface area contributed by atoms with Gasteiger partial charge in [-0.25, -0.2) is 0 Å². The summed E-state index contributed by atoms with van der Waals surface area (Å²) < 4.78 is 0. The van der Waals surface area contributed by atoms with E-state index in [9.17, 15) is 4.79 Å². The normalized spacial score (nSPS) is 20.4. The molecule has 2 aromatic rings. The van der Waals surface area contributed by atoms with Gasteiger partial charge in [-0.1, -0.05) is 42.5 Å². The molecule has 2 nitrogen and oxygen atoms in total. The van der Waals surface area contributed by atoms with Gasteiger partial charge in [0.05, 0.1) is 6.04 Å². The first-order chi connectivity index (χ1) is 9.69. The maximum atomic E-state index is 12.1. The highest BCUT2D eigenvalue weighted by Crippen LogP contribution is 2.30. The molecule has 2 aromatic carbocycles. The zero-order chi connectivity index (χ0) is 14.1. The second-order valence-electron chi connectivity index (χ2n) is 5.53. The number of hydrogen-bond acceptors (Lipinski definition) is 1. The average Bonchev–Trinajstić information content (AvgIpc) is 2.87. The fourth-order valence-electron chi connectivity index (χ4n) is 2.94. The number of rotatable bonds is 3. The minimum absolute atomic E-state index is 0.122. The van der Waals surface area contributed by atoms with Gasteiger partial charge in [0, 0.05) is 18.9 Å². The second-order valence-corrected chi connectivity index (χ2v) is 5.53. The number of carbonyl (C=O) groups excluding carboxylic acids is 1. The first-order valence-electron chi connectivity index (χ1n) is 7.10. The Kier molecular flexibility index (Phi) is 3.31. The zero-order valence-electron chi connectivity index (χ0n) is 11.8. The molecule has 1 fully saturated rings. The van der Waals surface area contributed by atoms with Crippen LogP contribution in [0.1, 0.15) is 24.9 Å². The van der Waals surface area contributed by atoms with Gasteiger partial charge in [0.2, 0.25) is 5.91 Å². The molecule has 3 rings (SSSR count). The van der Waals surface area contributed by atoms with Crippen molar-refractivity contribution in [1.82, 2.24) is 4.90 Å². The van der Waals surface area contributed by atoms with Gasteiger partial charge in [-0.15, -0.1) is 6.58 Å². The van der Waals surface area contributed by atoms with Gasteiger partial charge >= 0.3 is 0 Å². The maximum Gasteiger partial charge on any atom is 0.223 e. The molecular formula is C18H19NO. The van der Waals surface area contributed by atoms with Crippen LogP contribution < -0.4 is 0 Å². The van der Waals surface area contributed by atoms with Crippen LogP contribution in [0.4, 0.5) is 0 Å². The van der Waals surface area contributed by atoms with Crippen LogP contribution in [0.5, 0.6) is 0 Å². The third-order valence-electron chi connectivity index (χ3n) is 4.25. The molecule has 1 saturated heterocycles. The fraction of sp³-hybridized carbons (Fsp3) is 0.278. The van der Waals surface area contributed by atoms with Crippen LogP contribution in [0.15, 0.2) is 55.1 Å². The molecule has 102 valence electrons. The van der Waals surface area contributed by atoms with Crippen LogP contribution in [-0.4, -0.2) is 17.4 Å². The van der Waals surface area contributed by atoms with E-state index in [4.69, 9.17) is 0 Å². The Balaban J connectivity index is 1.90. The van der Waals surface area contributed by atoms with Gasteiger partial charge in [0.1, 0.15) is 0 Å². The Labute approximate surface area is 119 Å². The Hall–Kier alpha value is -2.09. The monoisotopic (exact) mass is 265 g/mol. The number of benzene rings is 2. The summed E-state index contributed by atoms with van der Waals surface area (Å²) in [5.41, 5.74) is 1.20. The summed E-state index contributed by atoms with van der Waals surface area (Å²) >= 11 is 0. The molecule has 0 aliphatic carbocycles. The number of nitrogens with zero attached hydrogens (tertiary/aromatic N) is 1. The highest BCUT2D eigenvalue weighted by Gasteiger charge is 2.31. The topological polar surface area (TPSA) is 20.3 Å². The van der Waals surface area contributed by atoms with E-state index in [2.05, 4.69) is 43.8 Å². The molecule has 0 radical (unpaired) electrons. The van der Waals surface area contributed by atoms with Crippen LogP contribution in [0.3, 0.4) is 0 Å². The van der Waals surface area contributed by atoms with Crippen LogP contribution in [0.25, 0.3) is 10.8 Å². The Bertz CT molecular complexity index is 661. The SMILES string of the molecule is C=CC1CC(=O)N(C(C)c2ccc3ccccc3c2)C1. The third-order valence-corrected chi connectivity index (χ3v) is 4.25. The highest BCUT2D eigenvalue weighted by molar-refractivity contribution is 5.84. The lowest BCUT2D eigenvalue weighted by atomic mass is 10.0. The van der Waals surface area contributed by atoms with Crippen LogP contribution in [-0.2, 0) is 4.79 Å². The number of carbonyl (C=O) groups is 1. The van der Waals surface area contributed by atoms with Crippen molar-refractivity contribution in [2.24, 2.45) is 5.92 Å². The Morgan fingerprint density at radius 1 is 1.25 bits per heavy atom. The summed E-state index contributed by atoms with van der Waals surface area (Å²) in [4.78, 5) is 14.1. The molecule has 0 bridgehead atoms. The van der Waals surface area contributed by atoms with Crippen molar-refractivity contribution in [3.63, 3.8) is 0 Å². The minimum atomic E-state index is 0.122. The van der Waals surface area contributed by atoms with E-state index in [0.717, 1.165) is 6.54 Å². The summed E-state index contributed by atoms with van der Waals surface area (Å²) in [6, 6.07) is 14.9. The van der Waals surface area contributed by atoms with Crippen molar-refractivity contribution < 1.29 is 4.79 Å². The molecule has 20 heavy (non-hydrogen) atoms. The molecule has 2 heteroatoms. The summed E-state index contributed by atoms with van der Waals surface area (Å²) in [6.07, 6.45) is 2.49. The number of fused-ring (bicyclic) bond motifs is 1. The van der Waals surface area contributed by atoms with Gasteiger partial charge in [0.25, 0.3) is 0 Å². The van der Waals surface area contributed by atoms with E-state index >= 15 is 0 Å². The lowest BCUT2D eigenvalue weighted by molar-refractivity contribution is -0.129. The van der Waals surface area contributed by atoms with Gasteiger partial charge in [-0.05, 0) is 29.3 Å². The van der Waals surface area contributed by atoms with E-state index in [0.29, 0.717) is 12.3 Å². The van der Waals surface area contributed by atoms with Gasteiger partial charge in [-0.3, -0.25) is 4.79 Å². The molecule has 0 N–H and O–H groups in total.